The Bertz CT molecular complexity index is 1250. The molecule has 8 heteroatoms. The molecule has 1 N–H and O–H groups in total. The summed E-state index contributed by atoms with van der Waals surface area (Å²) in [6.07, 6.45) is -0.186. The topological polar surface area (TPSA) is 77.2 Å². The number of methoxy groups -OCH3 is 1. The molecule has 2 aromatic carbocycles. The van der Waals surface area contributed by atoms with Crippen molar-refractivity contribution in [2.75, 3.05) is 7.11 Å². The quantitative estimate of drug-likeness (QED) is 0.423. The molecule has 0 aliphatic rings. The number of carbonyl (C=O) groups is 1. The summed E-state index contributed by atoms with van der Waals surface area (Å²) in [4.78, 5) is 17.3. The lowest BCUT2D eigenvalue weighted by molar-refractivity contribution is -0.136. The molecule has 0 radical (unpaired) electrons. The highest BCUT2D eigenvalue weighted by Gasteiger charge is 2.21. The average molecular weight is 442 g/mol. The van der Waals surface area contributed by atoms with Crippen LogP contribution in [-0.4, -0.2) is 33.0 Å². The molecule has 0 atom stereocenters. The zero-order chi connectivity index (χ0) is 21.4. The van der Waals surface area contributed by atoms with E-state index in [2.05, 4.69) is 18.9 Å². The van der Waals surface area contributed by atoms with E-state index in [1.54, 1.807) is 35.3 Å². The first kappa shape index (κ1) is 20.4. The number of aliphatic carboxylic acids is 1. The average Bonchev–Trinajstić information content (AvgIpc) is 3.30. The fourth-order valence-corrected chi connectivity index (χ4v) is 4.58. The number of aromatic nitrogens is 3. The second-order valence-electron chi connectivity index (χ2n) is 7.19. The molecule has 0 aliphatic carbocycles. The summed E-state index contributed by atoms with van der Waals surface area (Å²) in [5, 5.41) is 15.8. The zero-order valence-electron chi connectivity index (χ0n) is 16.7. The van der Waals surface area contributed by atoms with E-state index in [1.165, 1.54) is 0 Å². The molecule has 30 heavy (non-hydrogen) atoms. The fourth-order valence-electron chi connectivity index (χ4n) is 3.35. The van der Waals surface area contributed by atoms with Crippen LogP contribution in [0.1, 0.15) is 30.3 Å². The third kappa shape index (κ3) is 3.78. The van der Waals surface area contributed by atoms with E-state index < -0.39 is 5.97 Å². The van der Waals surface area contributed by atoms with Crippen LogP contribution in [0.2, 0.25) is 5.02 Å². The van der Waals surface area contributed by atoms with Gasteiger partial charge in [-0.25, -0.2) is 9.67 Å². The molecule has 154 valence electrons. The van der Waals surface area contributed by atoms with Crippen LogP contribution in [0, 0.1) is 0 Å². The molecule has 2 heterocycles. The molecule has 0 bridgehead atoms. The van der Waals surface area contributed by atoms with Crippen LogP contribution in [0.5, 0.6) is 5.75 Å². The number of carboxylic acid groups (broad SMARTS) is 1. The molecule has 0 spiro atoms. The van der Waals surface area contributed by atoms with Gasteiger partial charge < -0.3 is 9.84 Å². The van der Waals surface area contributed by atoms with Crippen LogP contribution in [0.3, 0.4) is 0 Å². The van der Waals surface area contributed by atoms with Crippen molar-refractivity contribution in [3.05, 3.63) is 58.1 Å². The van der Waals surface area contributed by atoms with Crippen molar-refractivity contribution in [2.45, 2.75) is 26.2 Å². The van der Waals surface area contributed by atoms with Crippen molar-refractivity contribution in [1.82, 2.24) is 14.8 Å². The Morgan fingerprint density at radius 2 is 2.07 bits per heavy atom. The summed E-state index contributed by atoms with van der Waals surface area (Å²) in [7, 11) is 1.64. The molecular formula is C22H20ClN3O3S. The van der Waals surface area contributed by atoms with Gasteiger partial charge in [-0.15, -0.1) is 0 Å². The maximum atomic E-state index is 11.3. The van der Waals surface area contributed by atoms with Crippen molar-refractivity contribution in [1.29, 1.82) is 0 Å². The Kier molecular flexibility index (Phi) is 5.49. The molecule has 0 unspecified atom stereocenters. The number of nitrogens with zero attached hydrogens (tertiary/aromatic N) is 3. The first-order valence-corrected chi connectivity index (χ1v) is 10.6. The first-order valence-electron chi connectivity index (χ1n) is 9.42. The highest BCUT2D eigenvalue weighted by atomic mass is 35.5. The Balaban J connectivity index is 1.91. The molecule has 4 aromatic rings. The molecule has 0 saturated carbocycles. The lowest BCUT2D eigenvalue weighted by Crippen LogP contribution is -2.02. The van der Waals surface area contributed by atoms with Crippen LogP contribution in [-0.2, 0) is 11.2 Å². The van der Waals surface area contributed by atoms with Crippen LogP contribution in [0.25, 0.3) is 27.3 Å². The monoisotopic (exact) mass is 441 g/mol. The highest BCUT2D eigenvalue weighted by molar-refractivity contribution is 7.14. The van der Waals surface area contributed by atoms with Gasteiger partial charge in [0.2, 0.25) is 5.13 Å². The van der Waals surface area contributed by atoms with Crippen LogP contribution >= 0.6 is 22.9 Å². The van der Waals surface area contributed by atoms with E-state index in [4.69, 9.17) is 21.3 Å². The molecule has 0 saturated heterocycles. The number of carboxylic acids is 1. The van der Waals surface area contributed by atoms with Gasteiger partial charge in [0, 0.05) is 20.8 Å². The summed E-state index contributed by atoms with van der Waals surface area (Å²) >= 11 is 7.70. The van der Waals surface area contributed by atoms with Gasteiger partial charge in [-0.05, 0) is 36.2 Å². The molecular weight excluding hydrogens is 422 g/mol. The standard InChI is InChI=1S/C22H20ClN3O3S/c1-12(2)21-20(13-5-4-6-15(9-13)29-3)24-22(30-21)26-18-8-7-14(23)10-16(18)17(25-26)11-19(27)28/h4-10,12H,11H2,1-3H3,(H,27,28). The zero-order valence-corrected chi connectivity index (χ0v) is 18.3. The highest BCUT2D eigenvalue weighted by Crippen LogP contribution is 2.37. The number of benzene rings is 2. The van der Waals surface area contributed by atoms with Gasteiger partial charge in [-0.3, -0.25) is 4.79 Å². The molecule has 2 aromatic heterocycles. The number of hydrogen-bond donors (Lipinski definition) is 1. The Morgan fingerprint density at radius 3 is 2.77 bits per heavy atom. The molecule has 0 amide bonds. The van der Waals surface area contributed by atoms with Gasteiger partial charge in [0.15, 0.2) is 0 Å². The summed E-state index contributed by atoms with van der Waals surface area (Å²) < 4.78 is 7.08. The lowest BCUT2D eigenvalue weighted by atomic mass is 10.1. The molecule has 0 fully saturated rings. The van der Waals surface area contributed by atoms with Crippen molar-refractivity contribution in [3.8, 4) is 22.1 Å². The second-order valence-corrected chi connectivity index (χ2v) is 8.63. The maximum Gasteiger partial charge on any atom is 0.309 e. The van der Waals surface area contributed by atoms with Gasteiger partial charge in [0.1, 0.15) is 5.75 Å². The van der Waals surface area contributed by atoms with Crippen LogP contribution in [0.4, 0.5) is 0 Å². The van der Waals surface area contributed by atoms with E-state index >= 15 is 0 Å². The van der Waals surface area contributed by atoms with Gasteiger partial charge in [0.25, 0.3) is 0 Å². The predicted molar refractivity (Wildman–Crippen MR) is 119 cm³/mol. The Labute approximate surface area is 182 Å². The van der Waals surface area contributed by atoms with Gasteiger partial charge in [-0.1, -0.05) is 48.9 Å². The number of halogens is 1. The van der Waals surface area contributed by atoms with E-state index in [1.807, 2.05) is 30.3 Å². The summed E-state index contributed by atoms with van der Waals surface area (Å²) in [5.74, 6) is 0.0764. The summed E-state index contributed by atoms with van der Waals surface area (Å²) in [5.41, 5.74) is 3.08. The van der Waals surface area contributed by atoms with Crippen molar-refractivity contribution in [3.63, 3.8) is 0 Å². The summed E-state index contributed by atoms with van der Waals surface area (Å²) in [6.45, 7) is 4.25. The number of hydrogen-bond acceptors (Lipinski definition) is 5. The molecule has 4 rings (SSSR count). The third-order valence-corrected chi connectivity index (χ3v) is 6.29. The smallest absolute Gasteiger partial charge is 0.309 e. The van der Waals surface area contributed by atoms with Gasteiger partial charge in [0.05, 0.1) is 30.4 Å². The number of ether oxygens (including phenoxy) is 1. The molecule has 0 aliphatic heterocycles. The summed E-state index contributed by atoms with van der Waals surface area (Å²) in [6, 6.07) is 13.2. The lowest BCUT2D eigenvalue weighted by Gasteiger charge is -2.06. The largest absolute Gasteiger partial charge is 0.497 e. The maximum absolute atomic E-state index is 11.3. The minimum atomic E-state index is -0.944. The minimum Gasteiger partial charge on any atom is -0.497 e. The van der Waals surface area contributed by atoms with E-state index in [0.29, 0.717) is 21.2 Å². The van der Waals surface area contributed by atoms with Crippen LogP contribution < -0.4 is 4.74 Å². The number of fused-ring (bicyclic) bond motifs is 1. The minimum absolute atomic E-state index is 0.186. The van der Waals surface area contributed by atoms with E-state index in [-0.39, 0.29) is 12.3 Å². The van der Waals surface area contributed by atoms with Crippen molar-refractivity contribution >= 4 is 39.8 Å². The van der Waals surface area contributed by atoms with Gasteiger partial charge >= 0.3 is 5.97 Å². The predicted octanol–water partition coefficient (Wildman–Crippen LogP) is 5.56. The number of thiazole rings is 1. The molecule has 6 nitrogen and oxygen atoms in total. The Morgan fingerprint density at radius 1 is 1.27 bits per heavy atom. The normalized spacial score (nSPS) is 11.4. The number of rotatable bonds is 6. The van der Waals surface area contributed by atoms with E-state index in [0.717, 1.165) is 27.4 Å². The Hall–Kier alpha value is -2.90. The van der Waals surface area contributed by atoms with Gasteiger partial charge in [-0.2, -0.15) is 5.10 Å². The van der Waals surface area contributed by atoms with E-state index in [9.17, 15) is 9.90 Å². The second kappa shape index (κ2) is 8.08. The fraction of sp³-hybridized carbons (Fsp3) is 0.227. The SMILES string of the molecule is COc1cccc(-c2nc(-n3nc(CC(=O)O)c4cc(Cl)ccc43)sc2C(C)C)c1. The van der Waals surface area contributed by atoms with Crippen LogP contribution in [0.15, 0.2) is 42.5 Å². The van der Waals surface area contributed by atoms with Crippen molar-refractivity contribution in [2.24, 2.45) is 0 Å². The first-order chi connectivity index (χ1) is 14.4. The van der Waals surface area contributed by atoms with Crippen molar-refractivity contribution < 1.29 is 14.6 Å². The third-order valence-electron chi connectivity index (χ3n) is 4.73.